The lowest BCUT2D eigenvalue weighted by molar-refractivity contribution is 0.687. The van der Waals surface area contributed by atoms with Crippen LogP contribution in [0, 0.1) is 0 Å². The van der Waals surface area contributed by atoms with Gasteiger partial charge in [0.05, 0.1) is 0 Å². The van der Waals surface area contributed by atoms with Gasteiger partial charge in [-0.2, -0.15) is 0 Å². The molecule has 3 rings (SSSR count). The van der Waals surface area contributed by atoms with E-state index >= 15 is 0 Å². The van der Waals surface area contributed by atoms with Gasteiger partial charge in [-0.15, -0.1) is 0 Å². The number of hydrogen-bond donors (Lipinski definition) is 2. The number of nitrogens with two attached hydrogens (primary N) is 1. The normalized spacial score (nSPS) is 13.9. The molecule has 0 unspecified atom stereocenters. The quantitative estimate of drug-likeness (QED) is 0.882. The van der Waals surface area contributed by atoms with Crippen LogP contribution < -0.4 is 11.1 Å². The molecular formula is C14H15ClN4. The Morgan fingerprint density at radius 2 is 2.00 bits per heavy atom. The number of benzene rings is 1. The van der Waals surface area contributed by atoms with Gasteiger partial charge < -0.3 is 11.1 Å². The molecule has 4 nitrogen and oxygen atoms in total. The van der Waals surface area contributed by atoms with E-state index in [9.17, 15) is 0 Å². The first-order valence-electron chi connectivity index (χ1n) is 6.39. The van der Waals surface area contributed by atoms with E-state index in [1.54, 1.807) is 0 Å². The van der Waals surface area contributed by atoms with E-state index in [2.05, 4.69) is 33.5 Å². The summed E-state index contributed by atoms with van der Waals surface area (Å²) in [6.45, 7) is 0. The Hall–Kier alpha value is -1.81. The van der Waals surface area contributed by atoms with Gasteiger partial charge in [-0.3, -0.25) is 0 Å². The van der Waals surface area contributed by atoms with Gasteiger partial charge in [0.1, 0.15) is 17.2 Å². The number of anilines is 3. The van der Waals surface area contributed by atoms with Crippen LogP contribution in [0.25, 0.3) is 0 Å². The maximum absolute atomic E-state index is 6.11. The molecule has 98 valence electrons. The summed E-state index contributed by atoms with van der Waals surface area (Å²) in [5.41, 5.74) is 9.53. The number of hydrogen-bond acceptors (Lipinski definition) is 4. The molecule has 3 N–H and O–H groups in total. The summed E-state index contributed by atoms with van der Waals surface area (Å²) in [5.74, 6) is 0.858. The molecule has 0 radical (unpaired) electrons. The second-order valence-electron chi connectivity index (χ2n) is 4.70. The average molecular weight is 275 g/mol. The zero-order valence-corrected chi connectivity index (χ0v) is 11.2. The first kappa shape index (κ1) is 12.2. The van der Waals surface area contributed by atoms with Crippen molar-refractivity contribution in [2.24, 2.45) is 0 Å². The second-order valence-corrected chi connectivity index (χ2v) is 5.07. The van der Waals surface area contributed by atoms with Crippen molar-refractivity contribution in [3.63, 3.8) is 0 Å². The lowest BCUT2D eigenvalue weighted by Gasteiger charge is -2.20. The average Bonchev–Trinajstić information content (AvgIpc) is 2.44. The number of aryl methyl sites for hydroxylation is 1. The topological polar surface area (TPSA) is 63.8 Å². The summed E-state index contributed by atoms with van der Waals surface area (Å²) in [5, 5.41) is 3.65. The Kier molecular flexibility index (Phi) is 3.25. The third kappa shape index (κ3) is 2.36. The van der Waals surface area contributed by atoms with Crippen molar-refractivity contribution in [3.05, 3.63) is 40.7 Å². The Labute approximate surface area is 117 Å². The Morgan fingerprint density at radius 3 is 2.89 bits per heavy atom. The number of halogens is 1. The van der Waals surface area contributed by atoms with Gasteiger partial charge in [0.15, 0.2) is 5.82 Å². The highest BCUT2D eigenvalue weighted by molar-refractivity contribution is 6.35. The van der Waals surface area contributed by atoms with Crippen molar-refractivity contribution >= 4 is 28.9 Å². The van der Waals surface area contributed by atoms with Crippen LogP contribution in [0.5, 0.6) is 0 Å². The fourth-order valence-corrected chi connectivity index (χ4v) is 2.64. The van der Waals surface area contributed by atoms with E-state index in [-0.39, 0.29) is 0 Å². The fourth-order valence-electron chi connectivity index (χ4n) is 2.50. The van der Waals surface area contributed by atoms with E-state index in [0.717, 1.165) is 18.5 Å². The molecule has 1 aliphatic rings. The van der Waals surface area contributed by atoms with Crippen molar-refractivity contribution < 1.29 is 0 Å². The number of nitrogens with zero attached hydrogens (tertiary/aromatic N) is 2. The number of nitrogens with one attached hydrogen (secondary N) is 1. The Balaban J connectivity index is 1.97. The van der Waals surface area contributed by atoms with Crippen molar-refractivity contribution in [2.75, 3.05) is 11.1 Å². The minimum atomic E-state index is 0.295. The molecule has 0 spiro atoms. The lowest BCUT2D eigenvalue weighted by Crippen LogP contribution is -2.07. The predicted octanol–water partition coefficient (Wildman–Crippen LogP) is 3.33. The largest absolute Gasteiger partial charge is 0.382 e. The maximum atomic E-state index is 6.11. The van der Waals surface area contributed by atoms with Crippen LogP contribution in [-0.4, -0.2) is 9.97 Å². The molecule has 0 atom stereocenters. The minimum absolute atomic E-state index is 0.295. The standard InChI is InChI=1S/C14H15ClN4/c15-12-13(16)17-8-18-14(12)19-11-7-3-5-9-4-1-2-6-10(9)11/h3,5,7-8H,1-2,4,6H2,(H3,16,17,18,19). The van der Waals surface area contributed by atoms with Crippen molar-refractivity contribution in [1.29, 1.82) is 0 Å². The zero-order chi connectivity index (χ0) is 13.2. The van der Waals surface area contributed by atoms with Gasteiger partial charge in [0.2, 0.25) is 0 Å². The molecule has 5 heteroatoms. The van der Waals surface area contributed by atoms with E-state index in [1.165, 1.54) is 30.3 Å². The SMILES string of the molecule is Nc1ncnc(Nc2cccc3c2CCCC3)c1Cl. The molecule has 0 fully saturated rings. The van der Waals surface area contributed by atoms with Crippen LogP contribution in [0.2, 0.25) is 5.02 Å². The monoisotopic (exact) mass is 274 g/mol. The summed E-state index contributed by atoms with van der Waals surface area (Å²) in [7, 11) is 0. The first-order valence-corrected chi connectivity index (χ1v) is 6.77. The van der Waals surface area contributed by atoms with Crippen LogP contribution >= 0.6 is 11.6 Å². The predicted molar refractivity (Wildman–Crippen MR) is 77.8 cm³/mol. The molecule has 1 aromatic heterocycles. The van der Waals surface area contributed by atoms with Gasteiger partial charge in [-0.1, -0.05) is 23.7 Å². The highest BCUT2D eigenvalue weighted by Crippen LogP contribution is 2.32. The van der Waals surface area contributed by atoms with Gasteiger partial charge >= 0.3 is 0 Å². The van der Waals surface area contributed by atoms with Crippen LogP contribution in [0.15, 0.2) is 24.5 Å². The molecular weight excluding hydrogens is 260 g/mol. The van der Waals surface area contributed by atoms with Crippen LogP contribution in [0.1, 0.15) is 24.0 Å². The lowest BCUT2D eigenvalue weighted by atomic mass is 9.90. The summed E-state index contributed by atoms with van der Waals surface area (Å²) in [6, 6.07) is 6.30. The molecule has 19 heavy (non-hydrogen) atoms. The van der Waals surface area contributed by atoms with Crippen LogP contribution in [0.3, 0.4) is 0 Å². The molecule has 1 aromatic carbocycles. The third-order valence-electron chi connectivity index (χ3n) is 3.47. The fraction of sp³-hybridized carbons (Fsp3) is 0.286. The van der Waals surface area contributed by atoms with Crippen LogP contribution in [-0.2, 0) is 12.8 Å². The zero-order valence-electron chi connectivity index (χ0n) is 10.5. The van der Waals surface area contributed by atoms with Gasteiger partial charge in [0, 0.05) is 5.69 Å². The molecule has 0 saturated heterocycles. The second kappa shape index (κ2) is 5.05. The maximum Gasteiger partial charge on any atom is 0.154 e. The van der Waals surface area contributed by atoms with Crippen molar-refractivity contribution in [3.8, 4) is 0 Å². The Morgan fingerprint density at radius 1 is 1.16 bits per heavy atom. The van der Waals surface area contributed by atoms with Gasteiger partial charge in [-0.05, 0) is 42.9 Å². The van der Waals surface area contributed by atoms with Crippen molar-refractivity contribution in [1.82, 2.24) is 9.97 Å². The smallest absolute Gasteiger partial charge is 0.154 e. The van der Waals surface area contributed by atoms with E-state index < -0.39 is 0 Å². The minimum Gasteiger partial charge on any atom is -0.382 e. The number of fused-ring (bicyclic) bond motifs is 1. The molecule has 0 aliphatic heterocycles. The van der Waals surface area contributed by atoms with E-state index in [4.69, 9.17) is 17.3 Å². The summed E-state index contributed by atoms with van der Waals surface area (Å²) in [6.07, 6.45) is 6.14. The molecule has 1 heterocycles. The van der Waals surface area contributed by atoms with Crippen molar-refractivity contribution in [2.45, 2.75) is 25.7 Å². The molecule has 0 bridgehead atoms. The number of rotatable bonds is 2. The van der Waals surface area contributed by atoms with Gasteiger partial charge in [0.25, 0.3) is 0 Å². The number of aromatic nitrogens is 2. The highest BCUT2D eigenvalue weighted by atomic mass is 35.5. The molecule has 2 aromatic rings. The third-order valence-corrected chi connectivity index (χ3v) is 3.84. The summed E-state index contributed by atoms with van der Waals surface area (Å²) < 4.78 is 0. The van der Waals surface area contributed by atoms with Crippen LogP contribution in [0.4, 0.5) is 17.3 Å². The number of nitrogen functional groups attached to an aromatic ring is 1. The summed E-state index contributed by atoms with van der Waals surface area (Å²) in [4.78, 5) is 8.01. The van der Waals surface area contributed by atoms with E-state index in [1.807, 2.05) is 0 Å². The van der Waals surface area contributed by atoms with E-state index in [0.29, 0.717) is 16.7 Å². The molecule has 1 aliphatic carbocycles. The molecule has 0 saturated carbocycles. The molecule has 0 amide bonds. The first-order chi connectivity index (χ1) is 9.25. The summed E-state index contributed by atoms with van der Waals surface area (Å²) >= 11 is 6.11. The Bertz CT molecular complexity index is 612. The highest BCUT2D eigenvalue weighted by Gasteiger charge is 2.14. The van der Waals surface area contributed by atoms with Gasteiger partial charge in [-0.25, -0.2) is 9.97 Å².